The van der Waals surface area contributed by atoms with E-state index in [0.29, 0.717) is 5.03 Å². The molecule has 0 atom stereocenters. The number of halogens is 1. The van der Waals surface area contributed by atoms with Gasteiger partial charge in [-0.1, -0.05) is 17.2 Å². The minimum Gasteiger partial charge on any atom is -0.320 e. The summed E-state index contributed by atoms with van der Waals surface area (Å²) in [6.45, 7) is 9.31. The Balaban J connectivity index is 4.86. The minimum absolute atomic E-state index is 0.614. The van der Waals surface area contributed by atoms with E-state index >= 15 is 0 Å². The average molecular weight is 207 g/mol. The van der Waals surface area contributed by atoms with Crippen LogP contribution in [0.4, 0.5) is 0 Å². The molecule has 0 bridgehead atoms. The maximum absolute atomic E-state index is 11.4. The van der Waals surface area contributed by atoms with Crippen LogP contribution < -0.4 is 0 Å². The Labute approximate surface area is 79.9 Å². The van der Waals surface area contributed by atoms with Crippen molar-refractivity contribution in [3.05, 3.63) is 22.0 Å². The molecule has 0 rings (SSSR count). The molecular weight excluding hydrogens is 191 g/mol. The van der Waals surface area contributed by atoms with Gasteiger partial charge >= 0.3 is 0 Å². The monoisotopic (exact) mass is 206 g/mol. The van der Waals surface area contributed by atoms with E-state index in [1.807, 2.05) is 20.8 Å². The third kappa shape index (κ3) is 4.79. The predicted molar refractivity (Wildman–Crippen MR) is 57.4 cm³/mol. The molecule has 0 radical (unpaired) electrons. The first kappa shape index (κ1) is 12.0. The lowest BCUT2D eigenvalue weighted by atomic mass is 10.2. The Morgan fingerprint density at radius 3 is 1.92 bits per heavy atom. The highest BCUT2D eigenvalue weighted by atomic mass is 35.5. The molecule has 0 amide bonds. The fourth-order valence-corrected chi connectivity index (χ4v) is 2.24. The van der Waals surface area contributed by atoms with E-state index in [2.05, 4.69) is 0 Å². The lowest BCUT2D eigenvalue weighted by Gasteiger charge is -2.04. The molecule has 70 valence electrons. The first-order valence-electron chi connectivity index (χ1n) is 3.81. The van der Waals surface area contributed by atoms with Crippen molar-refractivity contribution in [3.63, 3.8) is 0 Å². The van der Waals surface area contributed by atoms with E-state index in [1.165, 1.54) is 0 Å². The Hall–Kier alpha value is -0.0000000000000000555. The molecule has 0 fully saturated rings. The van der Waals surface area contributed by atoms with Gasteiger partial charge in [-0.2, -0.15) is 0 Å². The second kappa shape index (κ2) is 4.30. The van der Waals surface area contributed by atoms with Gasteiger partial charge in [0.15, 0.2) is 0 Å². The van der Waals surface area contributed by atoms with Crippen LogP contribution in [0.15, 0.2) is 22.0 Å². The lowest BCUT2D eigenvalue weighted by Crippen LogP contribution is -1.80. The van der Waals surface area contributed by atoms with Gasteiger partial charge in [0.1, 0.15) is 7.14 Å². The van der Waals surface area contributed by atoms with Gasteiger partial charge in [-0.25, -0.2) is 0 Å². The lowest BCUT2D eigenvalue weighted by molar-refractivity contribution is 0.588. The molecule has 0 aromatic rings. The van der Waals surface area contributed by atoms with Crippen molar-refractivity contribution in [2.24, 2.45) is 0 Å². The van der Waals surface area contributed by atoms with Crippen LogP contribution >= 0.6 is 18.7 Å². The molecule has 0 aromatic carbocycles. The van der Waals surface area contributed by atoms with E-state index in [-0.39, 0.29) is 0 Å². The molecule has 0 aliphatic rings. The van der Waals surface area contributed by atoms with Gasteiger partial charge in [-0.15, -0.1) is 0 Å². The zero-order chi connectivity index (χ0) is 9.94. The van der Waals surface area contributed by atoms with E-state index in [1.54, 1.807) is 19.1 Å². The van der Waals surface area contributed by atoms with Crippen molar-refractivity contribution in [1.29, 1.82) is 0 Å². The third-order valence-corrected chi connectivity index (χ3v) is 2.96. The van der Waals surface area contributed by atoms with E-state index in [9.17, 15) is 4.57 Å². The Morgan fingerprint density at radius 2 is 1.67 bits per heavy atom. The zero-order valence-corrected chi connectivity index (χ0v) is 9.96. The molecule has 0 N–H and O–H groups in total. The van der Waals surface area contributed by atoms with Gasteiger partial charge in [0, 0.05) is 5.03 Å². The Morgan fingerprint density at radius 1 is 1.25 bits per heavy atom. The summed E-state index contributed by atoms with van der Waals surface area (Å²) in [4.78, 5) is 0. The van der Waals surface area contributed by atoms with Crippen LogP contribution in [0.2, 0.25) is 0 Å². The fraction of sp³-hybridized carbons (Fsp3) is 0.556. The molecule has 0 aliphatic heterocycles. The third-order valence-electron chi connectivity index (χ3n) is 1.53. The van der Waals surface area contributed by atoms with E-state index in [0.717, 1.165) is 11.1 Å². The first-order chi connectivity index (χ1) is 5.24. The van der Waals surface area contributed by atoms with Gasteiger partial charge in [0.25, 0.3) is 0 Å². The van der Waals surface area contributed by atoms with E-state index in [4.69, 9.17) is 11.6 Å². The number of allylic oxidation sites excluding steroid dienone is 3. The minimum atomic E-state index is -2.14. The van der Waals surface area contributed by atoms with Crippen molar-refractivity contribution in [3.8, 4) is 0 Å². The molecule has 0 saturated heterocycles. The van der Waals surface area contributed by atoms with Crippen LogP contribution in [0.5, 0.6) is 0 Å². The summed E-state index contributed by atoms with van der Waals surface area (Å²) in [5, 5.41) is 0.614. The molecular formula is C9H16ClOP. The number of hydrogen-bond donors (Lipinski definition) is 0. The summed E-state index contributed by atoms with van der Waals surface area (Å²) >= 11 is 5.94. The largest absolute Gasteiger partial charge is 0.320 e. The smallest absolute Gasteiger partial charge is 0.104 e. The zero-order valence-electron chi connectivity index (χ0n) is 8.31. The topological polar surface area (TPSA) is 17.1 Å². The summed E-state index contributed by atoms with van der Waals surface area (Å²) in [6, 6.07) is 0. The van der Waals surface area contributed by atoms with Crippen LogP contribution in [0.3, 0.4) is 0 Å². The van der Waals surface area contributed by atoms with Crippen molar-refractivity contribution in [2.45, 2.75) is 20.8 Å². The maximum Gasteiger partial charge on any atom is 0.104 e. The van der Waals surface area contributed by atoms with Gasteiger partial charge in [-0.05, 0) is 45.5 Å². The van der Waals surface area contributed by atoms with Crippen molar-refractivity contribution >= 4 is 18.7 Å². The van der Waals surface area contributed by atoms with Crippen LogP contribution in [0.25, 0.3) is 0 Å². The van der Waals surface area contributed by atoms with Crippen molar-refractivity contribution in [1.82, 2.24) is 0 Å². The average Bonchev–Trinajstić information content (AvgIpc) is 1.82. The SMILES string of the molecule is CC(C)=C(C)/C(Cl)=C/P(C)(C)=O. The second-order valence-electron chi connectivity index (χ2n) is 3.54. The summed E-state index contributed by atoms with van der Waals surface area (Å²) in [5.41, 5.74) is 2.17. The normalized spacial score (nSPS) is 13.0. The number of rotatable bonds is 2. The van der Waals surface area contributed by atoms with Crippen molar-refractivity contribution < 1.29 is 4.57 Å². The summed E-state index contributed by atoms with van der Waals surface area (Å²) in [6.07, 6.45) is 0. The molecule has 3 heteroatoms. The van der Waals surface area contributed by atoms with Crippen LogP contribution in [0, 0.1) is 0 Å². The highest BCUT2D eigenvalue weighted by Crippen LogP contribution is 2.41. The van der Waals surface area contributed by atoms with E-state index < -0.39 is 7.14 Å². The quantitative estimate of drug-likeness (QED) is 0.492. The highest BCUT2D eigenvalue weighted by molar-refractivity contribution is 7.65. The molecule has 0 unspecified atom stereocenters. The summed E-state index contributed by atoms with van der Waals surface area (Å²) < 4.78 is 11.4. The van der Waals surface area contributed by atoms with Crippen LogP contribution in [-0.4, -0.2) is 13.3 Å². The molecule has 0 aromatic heterocycles. The molecule has 0 aliphatic carbocycles. The molecule has 0 heterocycles. The van der Waals surface area contributed by atoms with Gasteiger partial charge < -0.3 is 4.57 Å². The van der Waals surface area contributed by atoms with Gasteiger partial charge in [0.2, 0.25) is 0 Å². The number of hydrogen-bond acceptors (Lipinski definition) is 1. The van der Waals surface area contributed by atoms with Crippen LogP contribution in [-0.2, 0) is 4.57 Å². The second-order valence-corrected chi connectivity index (χ2v) is 7.07. The maximum atomic E-state index is 11.4. The summed E-state index contributed by atoms with van der Waals surface area (Å²) in [7, 11) is -2.14. The molecule has 1 nitrogen and oxygen atoms in total. The fourth-order valence-electron chi connectivity index (χ4n) is 0.609. The summed E-state index contributed by atoms with van der Waals surface area (Å²) in [5.74, 6) is 1.65. The molecule has 12 heavy (non-hydrogen) atoms. The van der Waals surface area contributed by atoms with Crippen LogP contribution in [0.1, 0.15) is 20.8 Å². The first-order valence-corrected chi connectivity index (χ1v) is 6.86. The standard InChI is InChI=1S/C9H16ClOP/c1-7(2)8(3)9(10)6-12(4,5)11/h6H,1-5H3/b9-6-. The predicted octanol–water partition coefficient (Wildman–Crippen LogP) is 4.05. The Kier molecular flexibility index (Phi) is 4.30. The Bertz CT molecular complexity index is 266. The molecule has 0 saturated carbocycles. The van der Waals surface area contributed by atoms with Gasteiger partial charge in [-0.3, -0.25) is 0 Å². The van der Waals surface area contributed by atoms with Gasteiger partial charge in [0.05, 0.1) is 0 Å². The van der Waals surface area contributed by atoms with Crippen molar-refractivity contribution in [2.75, 3.05) is 13.3 Å². The molecule has 0 spiro atoms. The highest BCUT2D eigenvalue weighted by Gasteiger charge is 2.05.